The maximum Gasteiger partial charge on any atom is 1.00 e. The number of aryl methyl sites for hydroxylation is 2. The van der Waals surface area contributed by atoms with Crippen molar-refractivity contribution in [1.29, 1.82) is 0 Å². The molecule has 0 aromatic heterocycles. The van der Waals surface area contributed by atoms with Crippen LogP contribution in [0.3, 0.4) is 0 Å². The predicted molar refractivity (Wildman–Crippen MR) is 92.7 cm³/mol. The van der Waals surface area contributed by atoms with E-state index in [0.717, 1.165) is 16.5 Å². The molecule has 0 saturated carbocycles. The van der Waals surface area contributed by atoms with Crippen LogP contribution in [0.5, 0.6) is 0 Å². The van der Waals surface area contributed by atoms with Gasteiger partial charge < -0.3 is 17.0 Å². The predicted octanol–water partition coefficient (Wildman–Crippen LogP) is 1.72. The van der Waals surface area contributed by atoms with Crippen molar-refractivity contribution in [3.63, 3.8) is 0 Å². The minimum Gasteiger partial charge on any atom is -0.351 e. The van der Waals surface area contributed by atoms with Gasteiger partial charge in [0.2, 0.25) is 0 Å². The zero-order valence-corrected chi connectivity index (χ0v) is 13.9. The van der Waals surface area contributed by atoms with E-state index in [1.165, 1.54) is 11.1 Å². The summed E-state index contributed by atoms with van der Waals surface area (Å²) >= 11 is 0. The molecule has 23 heavy (non-hydrogen) atoms. The van der Waals surface area contributed by atoms with Crippen molar-refractivity contribution in [1.82, 2.24) is 0 Å². The van der Waals surface area contributed by atoms with Crippen LogP contribution in [0.1, 0.15) is 11.1 Å². The second-order valence-corrected chi connectivity index (χ2v) is 5.09. The Labute approximate surface area is 150 Å². The summed E-state index contributed by atoms with van der Waals surface area (Å²) in [7, 11) is 0. The van der Waals surface area contributed by atoms with E-state index in [9.17, 15) is 4.79 Å². The smallest absolute Gasteiger partial charge is 0.351 e. The van der Waals surface area contributed by atoms with E-state index in [1.807, 2.05) is 54.6 Å². The number of benzene rings is 3. The number of fused-ring (bicyclic) bond motifs is 1. The number of carbonyl (C=O) groups excluding carboxylic acids is 1. The summed E-state index contributed by atoms with van der Waals surface area (Å²) < 4.78 is 0. The third-order valence-electron chi connectivity index (χ3n) is 3.37. The Morgan fingerprint density at radius 1 is 1.00 bits per heavy atom. The van der Waals surface area contributed by atoms with Crippen molar-refractivity contribution in [2.24, 2.45) is 0 Å². The quantitative estimate of drug-likeness (QED) is 0.538. The zero-order chi connectivity index (χ0) is 15.9. The molecule has 3 aromatic rings. The van der Waals surface area contributed by atoms with Crippen molar-refractivity contribution < 1.29 is 23.7 Å². The first kappa shape index (κ1) is 18.9. The van der Waals surface area contributed by atoms with Gasteiger partial charge in [0.25, 0.3) is 0 Å². The van der Waals surface area contributed by atoms with Gasteiger partial charge in [-0.3, -0.25) is 0 Å². The molecule has 112 valence electrons. The fraction of sp³-hybridized carbons (Fsp3) is 0.100. The maximum atomic E-state index is 10.7. The van der Waals surface area contributed by atoms with Gasteiger partial charge in [0.15, 0.2) is 0 Å². The van der Waals surface area contributed by atoms with Crippen LogP contribution in [-0.4, -0.2) is 5.91 Å². The molecule has 1 amide bonds. The molecular formula is C20H19LiNO-. The zero-order valence-electron chi connectivity index (χ0n) is 13.9. The molecular weight excluding hydrogens is 277 g/mol. The second kappa shape index (κ2) is 9.10. The van der Waals surface area contributed by atoms with Crippen LogP contribution in [0.25, 0.3) is 10.8 Å². The SMILES string of the molecule is Cc1[c-]cccc1C.[CH2-]C(=O)Nc1ccc2ccccc2c1.[Li+]. The van der Waals surface area contributed by atoms with E-state index in [2.05, 4.69) is 38.2 Å². The Morgan fingerprint density at radius 2 is 1.70 bits per heavy atom. The molecule has 3 aromatic carbocycles. The fourth-order valence-electron chi connectivity index (χ4n) is 2.03. The Kier molecular flexibility index (Phi) is 7.48. The van der Waals surface area contributed by atoms with Crippen LogP contribution in [-0.2, 0) is 4.79 Å². The molecule has 0 radical (unpaired) electrons. The normalized spacial score (nSPS) is 9.30. The topological polar surface area (TPSA) is 29.1 Å². The first-order chi connectivity index (χ1) is 10.6. The average molecular weight is 296 g/mol. The van der Waals surface area contributed by atoms with E-state index in [4.69, 9.17) is 0 Å². The first-order valence-electron chi connectivity index (χ1n) is 7.12. The number of anilines is 1. The summed E-state index contributed by atoms with van der Waals surface area (Å²) in [5.74, 6) is -0.291. The van der Waals surface area contributed by atoms with E-state index >= 15 is 0 Å². The fourth-order valence-corrected chi connectivity index (χ4v) is 2.03. The third kappa shape index (κ3) is 5.87. The summed E-state index contributed by atoms with van der Waals surface area (Å²) in [5.41, 5.74) is 3.34. The molecule has 0 fully saturated rings. The van der Waals surface area contributed by atoms with Crippen LogP contribution >= 0.6 is 0 Å². The van der Waals surface area contributed by atoms with Crippen LogP contribution in [0, 0.1) is 26.8 Å². The molecule has 1 N–H and O–H groups in total. The van der Waals surface area contributed by atoms with E-state index < -0.39 is 0 Å². The summed E-state index contributed by atoms with van der Waals surface area (Å²) in [6, 6.07) is 22.9. The molecule has 0 unspecified atom stereocenters. The Hall–Kier alpha value is -2.14. The van der Waals surface area contributed by atoms with Crippen molar-refractivity contribution in [3.8, 4) is 0 Å². The first-order valence-corrected chi connectivity index (χ1v) is 7.12. The van der Waals surface area contributed by atoms with Gasteiger partial charge in [0, 0.05) is 5.69 Å². The van der Waals surface area contributed by atoms with Crippen molar-refractivity contribution in [3.05, 3.63) is 84.8 Å². The Morgan fingerprint density at radius 3 is 2.26 bits per heavy atom. The molecule has 0 saturated heterocycles. The molecule has 0 heterocycles. The van der Waals surface area contributed by atoms with Gasteiger partial charge in [-0.25, -0.2) is 0 Å². The Balaban J connectivity index is 0.000000253. The maximum absolute atomic E-state index is 10.7. The van der Waals surface area contributed by atoms with Crippen molar-refractivity contribution in [2.75, 3.05) is 5.32 Å². The van der Waals surface area contributed by atoms with E-state index in [-0.39, 0.29) is 24.8 Å². The van der Waals surface area contributed by atoms with Gasteiger partial charge in [-0.1, -0.05) is 44.2 Å². The molecule has 3 rings (SSSR count). The van der Waals surface area contributed by atoms with Crippen LogP contribution in [0.4, 0.5) is 5.69 Å². The minimum atomic E-state index is -0.291. The monoisotopic (exact) mass is 296 g/mol. The largest absolute Gasteiger partial charge is 1.00 e. The van der Waals surface area contributed by atoms with Crippen molar-refractivity contribution >= 4 is 22.4 Å². The second-order valence-electron chi connectivity index (χ2n) is 5.09. The van der Waals surface area contributed by atoms with Gasteiger partial charge >= 0.3 is 18.9 Å². The number of hydrogen-bond donors (Lipinski definition) is 1. The molecule has 0 bridgehead atoms. The summed E-state index contributed by atoms with van der Waals surface area (Å²) in [6.45, 7) is 7.42. The Bertz CT molecular complexity index is 762. The molecule has 0 spiro atoms. The molecule has 3 heteroatoms. The number of rotatable bonds is 1. The molecule has 0 aliphatic carbocycles. The summed E-state index contributed by atoms with van der Waals surface area (Å²) in [6.07, 6.45) is 0. The van der Waals surface area contributed by atoms with Crippen LogP contribution in [0.2, 0.25) is 0 Å². The molecule has 0 atom stereocenters. The van der Waals surface area contributed by atoms with Crippen LogP contribution in [0.15, 0.2) is 60.7 Å². The number of nitrogens with one attached hydrogen (secondary N) is 1. The van der Waals surface area contributed by atoms with E-state index in [1.54, 1.807) is 0 Å². The van der Waals surface area contributed by atoms with Crippen LogP contribution < -0.4 is 24.2 Å². The minimum absolute atomic E-state index is 0. The number of hydrogen-bond acceptors (Lipinski definition) is 1. The van der Waals surface area contributed by atoms with Gasteiger partial charge in [0.05, 0.1) is 5.91 Å². The van der Waals surface area contributed by atoms with Crippen molar-refractivity contribution in [2.45, 2.75) is 13.8 Å². The van der Waals surface area contributed by atoms with Gasteiger partial charge in [-0.15, -0.1) is 0 Å². The van der Waals surface area contributed by atoms with Gasteiger partial charge in [-0.05, 0) is 22.9 Å². The third-order valence-corrected chi connectivity index (χ3v) is 3.37. The van der Waals surface area contributed by atoms with E-state index in [0.29, 0.717) is 0 Å². The average Bonchev–Trinajstić information content (AvgIpc) is 2.50. The number of amides is 1. The molecule has 0 aliphatic heterocycles. The number of carbonyl (C=O) groups is 1. The molecule has 2 nitrogen and oxygen atoms in total. The van der Waals surface area contributed by atoms with Gasteiger partial charge in [0.1, 0.15) is 0 Å². The molecule has 0 aliphatic rings. The van der Waals surface area contributed by atoms with Gasteiger partial charge in [-0.2, -0.15) is 35.4 Å². The standard InChI is InChI=1S/C12H10NO.C8H9.Li/c1-9(14)13-12-7-6-10-4-2-3-5-11(10)8-12;1-7-5-3-4-6-8(7)2;/h2-8H,1H2,(H,13,14);3-5H,1-2H3;/q2*-1;+1. The summed E-state index contributed by atoms with van der Waals surface area (Å²) in [4.78, 5) is 10.7. The summed E-state index contributed by atoms with van der Waals surface area (Å²) in [5, 5.41) is 4.92.